The van der Waals surface area contributed by atoms with E-state index >= 15 is 0 Å². The molecule has 0 spiro atoms. The van der Waals surface area contributed by atoms with Crippen LogP contribution in [0.5, 0.6) is 0 Å². The number of imidazole rings is 1. The van der Waals surface area contributed by atoms with Gasteiger partial charge in [-0.2, -0.15) is 4.31 Å². The number of rotatable bonds is 7. The zero-order valence-corrected chi connectivity index (χ0v) is 20.1. The molecule has 0 atom stereocenters. The first-order valence-corrected chi connectivity index (χ1v) is 13.5. The van der Waals surface area contributed by atoms with Crippen molar-refractivity contribution in [1.82, 2.24) is 13.9 Å². The third-order valence-electron chi connectivity index (χ3n) is 5.72. The van der Waals surface area contributed by atoms with Crippen LogP contribution < -0.4 is 5.32 Å². The largest absolute Gasteiger partial charge is 0.325 e. The Hall–Kier alpha value is -3.14. The summed E-state index contributed by atoms with van der Waals surface area (Å²) in [6, 6.07) is 24.2. The molecule has 0 radical (unpaired) electrons. The molecule has 1 saturated heterocycles. The minimum Gasteiger partial charge on any atom is -0.325 e. The highest BCUT2D eigenvalue weighted by atomic mass is 32.2. The number of thioether (sulfide) groups is 1. The van der Waals surface area contributed by atoms with E-state index < -0.39 is 10.0 Å². The SMILES string of the molecule is O=C(CSc1nc2ccccc2n1-c1ccccc1)Nc1ccc(S(=O)(=O)N2CCCC2)cc1. The molecule has 4 aromatic rings. The molecule has 34 heavy (non-hydrogen) atoms. The number of benzene rings is 3. The van der Waals surface area contributed by atoms with Gasteiger partial charge in [-0.05, 0) is 61.4 Å². The molecule has 3 aromatic carbocycles. The number of carbonyl (C=O) groups is 1. The molecule has 1 aliphatic heterocycles. The van der Waals surface area contributed by atoms with E-state index in [1.54, 1.807) is 24.3 Å². The fourth-order valence-electron chi connectivity index (χ4n) is 4.04. The highest BCUT2D eigenvalue weighted by Crippen LogP contribution is 2.28. The number of carbonyl (C=O) groups excluding carboxylic acids is 1. The van der Waals surface area contributed by atoms with Crippen LogP contribution in [-0.4, -0.2) is 47.0 Å². The van der Waals surface area contributed by atoms with Crippen molar-refractivity contribution in [2.45, 2.75) is 22.9 Å². The molecule has 5 rings (SSSR count). The average Bonchev–Trinajstić information content (AvgIpc) is 3.52. The Bertz CT molecular complexity index is 1410. The Balaban J connectivity index is 1.28. The smallest absolute Gasteiger partial charge is 0.243 e. The van der Waals surface area contributed by atoms with Gasteiger partial charge < -0.3 is 5.32 Å². The van der Waals surface area contributed by atoms with Crippen molar-refractivity contribution in [3.8, 4) is 5.69 Å². The highest BCUT2D eigenvalue weighted by molar-refractivity contribution is 7.99. The maximum absolute atomic E-state index is 12.7. The molecule has 1 N–H and O–H groups in total. The molecule has 2 heterocycles. The van der Waals surface area contributed by atoms with Gasteiger partial charge in [-0.15, -0.1) is 0 Å². The molecule has 0 saturated carbocycles. The highest BCUT2D eigenvalue weighted by Gasteiger charge is 2.27. The molecule has 0 aliphatic carbocycles. The number of nitrogens with one attached hydrogen (secondary N) is 1. The van der Waals surface area contributed by atoms with Crippen molar-refractivity contribution in [1.29, 1.82) is 0 Å². The average molecular weight is 493 g/mol. The van der Waals surface area contributed by atoms with Crippen molar-refractivity contribution in [3.63, 3.8) is 0 Å². The lowest BCUT2D eigenvalue weighted by molar-refractivity contribution is -0.113. The summed E-state index contributed by atoms with van der Waals surface area (Å²) in [7, 11) is -3.47. The zero-order valence-electron chi connectivity index (χ0n) is 18.4. The normalized spacial score (nSPS) is 14.5. The number of hydrogen-bond donors (Lipinski definition) is 1. The predicted octanol–water partition coefficient (Wildman–Crippen LogP) is 4.54. The van der Waals surface area contributed by atoms with Gasteiger partial charge in [0.05, 0.1) is 21.7 Å². The van der Waals surface area contributed by atoms with E-state index in [-0.39, 0.29) is 16.6 Å². The molecule has 0 unspecified atom stereocenters. The summed E-state index contributed by atoms with van der Waals surface area (Å²) in [5.74, 6) is -0.0175. The van der Waals surface area contributed by atoms with Crippen molar-refractivity contribution in [3.05, 3.63) is 78.9 Å². The number of amides is 1. The van der Waals surface area contributed by atoms with E-state index in [1.807, 2.05) is 59.2 Å². The topological polar surface area (TPSA) is 84.3 Å². The second-order valence-corrected chi connectivity index (χ2v) is 10.9. The van der Waals surface area contributed by atoms with E-state index in [0.717, 1.165) is 34.7 Å². The molecule has 1 fully saturated rings. The van der Waals surface area contributed by atoms with Crippen LogP contribution in [0.3, 0.4) is 0 Å². The molecule has 7 nitrogen and oxygen atoms in total. The lowest BCUT2D eigenvalue weighted by Gasteiger charge is -2.15. The third kappa shape index (κ3) is 4.59. The van der Waals surface area contributed by atoms with E-state index in [1.165, 1.54) is 16.1 Å². The van der Waals surface area contributed by atoms with Gasteiger partial charge in [-0.25, -0.2) is 13.4 Å². The van der Waals surface area contributed by atoms with Gasteiger partial charge >= 0.3 is 0 Å². The van der Waals surface area contributed by atoms with Gasteiger partial charge in [0, 0.05) is 24.5 Å². The van der Waals surface area contributed by atoms with E-state index in [0.29, 0.717) is 18.8 Å². The first-order valence-electron chi connectivity index (χ1n) is 11.1. The maximum Gasteiger partial charge on any atom is 0.243 e. The number of aromatic nitrogens is 2. The summed E-state index contributed by atoms with van der Waals surface area (Å²) in [6.07, 6.45) is 1.78. The van der Waals surface area contributed by atoms with Gasteiger partial charge in [0.2, 0.25) is 15.9 Å². The summed E-state index contributed by atoms with van der Waals surface area (Å²) < 4.78 is 28.9. The molecule has 1 aromatic heterocycles. The van der Waals surface area contributed by atoms with Crippen LogP contribution in [0.25, 0.3) is 16.7 Å². The van der Waals surface area contributed by atoms with Crippen LogP contribution in [-0.2, 0) is 14.8 Å². The molecular weight excluding hydrogens is 468 g/mol. The molecule has 1 aliphatic rings. The fraction of sp³-hybridized carbons (Fsp3) is 0.200. The monoisotopic (exact) mass is 492 g/mol. The second-order valence-electron chi connectivity index (χ2n) is 8.03. The molecular formula is C25H24N4O3S2. The lowest BCUT2D eigenvalue weighted by atomic mass is 10.3. The summed E-state index contributed by atoms with van der Waals surface area (Å²) in [4.78, 5) is 17.6. The van der Waals surface area contributed by atoms with Crippen LogP contribution in [0, 0.1) is 0 Å². The van der Waals surface area contributed by atoms with Gasteiger partial charge in [0.25, 0.3) is 0 Å². The first-order chi connectivity index (χ1) is 16.5. The minimum absolute atomic E-state index is 0.171. The molecule has 1 amide bonds. The van der Waals surface area contributed by atoms with Crippen LogP contribution >= 0.6 is 11.8 Å². The quantitative estimate of drug-likeness (QED) is 0.383. The fourth-order valence-corrected chi connectivity index (χ4v) is 6.39. The zero-order chi connectivity index (χ0) is 23.5. The van der Waals surface area contributed by atoms with Crippen molar-refractivity contribution in [2.24, 2.45) is 0 Å². The van der Waals surface area contributed by atoms with Gasteiger partial charge in [0.15, 0.2) is 5.16 Å². The number of anilines is 1. The summed E-state index contributed by atoms with van der Waals surface area (Å²) in [5.41, 5.74) is 3.38. The van der Waals surface area contributed by atoms with Crippen LogP contribution in [0.1, 0.15) is 12.8 Å². The van der Waals surface area contributed by atoms with E-state index in [2.05, 4.69) is 5.32 Å². The number of hydrogen-bond acceptors (Lipinski definition) is 5. The Morgan fingerprint density at radius 2 is 1.59 bits per heavy atom. The summed E-state index contributed by atoms with van der Waals surface area (Å²) in [5, 5.41) is 3.58. The van der Waals surface area contributed by atoms with Crippen LogP contribution in [0.15, 0.2) is 88.9 Å². The number of fused-ring (bicyclic) bond motifs is 1. The Morgan fingerprint density at radius 3 is 2.32 bits per heavy atom. The number of para-hydroxylation sites is 3. The molecule has 174 valence electrons. The lowest BCUT2D eigenvalue weighted by Crippen LogP contribution is -2.27. The second kappa shape index (κ2) is 9.61. The van der Waals surface area contributed by atoms with Gasteiger partial charge in [-0.3, -0.25) is 9.36 Å². The Labute approximate surface area is 202 Å². The number of sulfonamides is 1. The standard InChI is InChI=1S/C25H24N4O3S2/c30-24(26-19-12-14-21(15-13-19)34(31,32)28-16-6-7-17-28)18-33-25-27-22-10-4-5-11-23(22)29(25)20-8-2-1-3-9-20/h1-5,8-15H,6-7,16-18H2,(H,26,30). The predicted molar refractivity (Wildman–Crippen MR) is 135 cm³/mol. The minimum atomic E-state index is -3.47. The summed E-state index contributed by atoms with van der Waals surface area (Å²) >= 11 is 1.36. The summed E-state index contributed by atoms with van der Waals surface area (Å²) in [6.45, 7) is 1.12. The molecule has 0 bridgehead atoms. The Morgan fingerprint density at radius 1 is 0.912 bits per heavy atom. The van der Waals surface area contributed by atoms with E-state index in [4.69, 9.17) is 4.98 Å². The number of nitrogens with zero attached hydrogens (tertiary/aromatic N) is 3. The van der Waals surface area contributed by atoms with Gasteiger partial charge in [-0.1, -0.05) is 42.1 Å². The van der Waals surface area contributed by atoms with Crippen molar-refractivity contribution >= 4 is 44.4 Å². The van der Waals surface area contributed by atoms with Crippen molar-refractivity contribution < 1.29 is 13.2 Å². The van der Waals surface area contributed by atoms with Crippen LogP contribution in [0.4, 0.5) is 5.69 Å². The van der Waals surface area contributed by atoms with Crippen LogP contribution in [0.2, 0.25) is 0 Å². The maximum atomic E-state index is 12.7. The van der Waals surface area contributed by atoms with E-state index in [9.17, 15) is 13.2 Å². The molecule has 9 heteroatoms. The first kappa shape index (κ1) is 22.6. The van der Waals surface area contributed by atoms with Crippen molar-refractivity contribution in [2.75, 3.05) is 24.2 Å². The Kier molecular flexibility index (Phi) is 6.40. The van der Waals surface area contributed by atoms with Gasteiger partial charge in [0.1, 0.15) is 0 Å². The third-order valence-corrected chi connectivity index (χ3v) is 8.57.